The van der Waals surface area contributed by atoms with Gasteiger partial charge in [-0.25, -0.2) is 8.42 Å². The predicted molar refractivity (Wildman–Crippen MR) is 57.9 cm³/mol. The van der Waals surface area contributed by atoms with Crippen molar-refractivity contribution >= 4 is 21.1 Å². The monoisotopic (exact) mass is 225 g/mol. The Labute approximate surface area is 88.3 Å². The molecule has 0 amide bonds. The molecule has 1 aliphatic rings. The Hall–Kier alpha value is -1.33. The fraction of sp³-hybridized carbons (Fsp3) is 0.200. The molecule has 15 heavy (non-hydrogen) atoms. The average molecular weight is 225 g/mol. The highest BCUT2D eigenvalue weighted by Crippen LogP contribution is 2.34. The van der Waals surface area contributed by atoms with Crippen LogP contribution >= 0.6 is 0 Å². The molecule has 0 saturated carbocycles. The summed E-state index contributed by atoms with van der Waals surface area (Å²) in [5, 5.41) is 1.24. The number of benzene rings is 1. The van der Waals surface area contributed by atoms with Gasteiger partial charge in [0.15, 0.2) is 0 Å². The number of anilines is 1. The second-order valence-corrected chi connectivity index (χ2v) is 5.14. The largest absolute Gasteiger partial charge is 0.399 e. The predicted octanol–water partition coefficient (Wildman–Crippen LogP) is 1.04. The summed E-state index contributed by atoms with van der Waals surface area (Å²) >= 11 is 0. The second-order valence-electron chi connectivity index (χ2n) is 3.38. The van der Waals surface area contributed by atoms with Gasteiger partial charge in [-0.2, -0.15) is 0 Å². The quantitative estimate of drug-likeness (QED) is 0.763. The first-order chi connectivity index (χ1) is 7.04. The van der Waals surface area contributed by atoms with Crippen molar-refractivity contribution in [2.75, 3.05) is 19.5 Å². The van der Waals surface area contributed by atoms with Crippen LogP contribution in [0, 0.1) is 0 Å². The van der Waals surface area contributed by atoms with E-state index < -0.39 is 9.84 Å². The van der Waals surface area contributed by atoms with Crippen LogP contribution < -0.4 is 5.73 Å². The Balaban J connectivity index is 2.63. The zero-order valence-electron chi connectivity index (χ0n) is 8.23. The van der Waals surface area contributed by atoms with Crippen molar-refractivity contribution in [1.82, 2.24) is 0 Å². The lowest BCUT2D eigenvalue weighted by atomic mass is 10.1. The molecule has 1 aromatic carbocycles. The van der Waals surface area contributed by atoms with Gasteiger partial charge in [0.2, 0.25) is 9.84 Å². The minimum Gasteiger partial charge on any atom is -0.399 e. The number of fused-ring (bicyclic) bond motifs is 1. The Morgan fingerprint density at radius 2 is 2.13 bits per heavy atom. The van der Waals surface area contributed by atoms with Crippen LogP contribution in [-0.4, -0.2) is 22.1 Å². The van der Waals surface area contributed by atoms with Crippen LogP contribution in [0.2, 0.25) is 0 Å². The molecule has 1 aromatic rings. The molecule has 2 rings (SSSR count). The molecule has 80 valence electrons. The molecule has 0 spiro atoms. The molecule has 0 unspecified atom stereocenters. The van der Waals surface area contributed by atoms with E-state index in [0.29, 0.717) is 21.7 Å². The summed E-state index contributed by atoms with van der Waals surface area (Å²) in [5.41, 5.74) is 7.47. The Kier molecular flexibility index (Phi) is 2.28. The van der Waals surface area contributed by atoms with Crippen LogP contribution in [0.25, 0.3) is 5.57 Å². The van der Waals surface area contributed by atoms with Gasteiger partial charge in [-0.05, 0) is 23.8 Å². The maximum atomic E-state index is 11.7. The number of sulfone groups is 1. The van der Waals surface area contributed by atoms with E-state index in [1.165, 1.54) is 18.6 Å². The molecule has 0 atom stereocenters. The summed E-state index contributed by atoms with van der Waals surface area (Å²) < 4.78 is 28.3. The fourth-order valence-electron chi connectivity index (χ4n) is 1.63. The summed E-state index contributed by atoms with van der Waals surface area (Å²) in [4.78, 5) is 0.309. The van der Waals surface area contributed by atoms with E-state index in [1.807, 2.05) is 0 Å². The van der Waals surface area contributed by atoms with E-state index in [9.17, 15) is 8.42 Å². The SMILES string of the molecule is COCC1=CS(=O)(=O)c2ccc(N)cc21. The number of hydrogen-bond acceptors (Lipinski definition) is 4. The molecule has 0 saturated heterocycles. The van der Waals surface area contributed by atoms with E-state index in [4.69, 9.17) is 10.5 Å². The Morgan fingerprint density at radius 1 is 1.40 bits per heavy atom. The lowest BCUT2D eigenvalue weighted by Gasteiger charge is -2.03. The van der Waals surface area contributed by atoms with Crippen LogP contribution in [0.15, 0.2) is 28.5 Å². The van der Waals surface area contributed by atoms with E-state index >= 15 is 0 Å². The third kappa shape index (κ3) is 1.64. The van der Waals surface area contributed by atoms with E-state index in [0.717, 1.165) is 0 Å². The zero-order chi connectivity index (χ0) is 11.1. The van der Waals surface area contributed by atoms with E-state index in [1.54, 1.807) is 12.1 Å². The smallest absolute Gasteiger partial charge is 0.200 e. The molecule has 1 aliphatic heterocycles. The Bertz CT molecular complexity index is 532. The summed E-state index contributed by atoms with van der Waals surface area (Å²) in [7, 11) is -1.77. The molecular formula is C10H11NO3S. The first kappa shape index (κ1) is 10.2. The van der Waals surface area contributed by atoms with Gasteiger partial charge in [0.1, 0.15) is 0 Å². The number of ether oxygens (including phenoxy) is 1. The summed E-state index contributed by atoms with van der Waals surface area (Å²) in [6, 6.07) is 4.77. The number of nitrogen functional groups attached to an aromatic ring is 1. The molecule has 0 aromatic heterocycles. The van der Waals surface area contributed by atoms with Gasteiger partial charge >= 0.3 is 0 Å². The average Bonchev–Trinajstić information content (AvgIpc) is 2.39. The van der Waals surface area contributed by atoms with Crippen molar-refractivity contribution in [2.45, 2.75) is 4.90 Å². The highest BCUT2D eigenvalue weighted by Gasteiger charge is 2.26. The van der Waals surface area contributed by atoms with Crippen molar-refractivity contribution in [2.24, 2.45) is 0 Å². The van der Waals surface area contributed by atoms with Crippen LogP contribution in [0.1, 0.15) is 5.56 Å². The summed E-state index contributed by atoms with van der Waals surface area (Å²) in [6.07, 6.45) is 0. The number of methoxy groups -OCH3 is 1. The number of rotatable bonds is 2. The third-order valence-corrected chi connectivity index (χ3v) is 3.82. The fourth-order valence-corrected chi connectivity index (χ4v) is 3.08. The van der Waals surface area contributed by atoms with Crippen molar-refractivity contribution in [3.05, 3.63) is 29.2 Å². The molecule has 5 heteroatoms. The van der Waals surface area contributed by atoms with Crippen molar-refractivity contribution in [1.29, 1.82) is 0 Å². The van der Waals surface area contributed by atoms with Crippen molar-refractivity contribution in [3.8, 4) is 0 Å². The lowest BCUT2D eigenvalue weighted by molar-refractivity contribution is 0.240. The van der Waals surface area contributed by atoms with E-state index in [2.05, 4.69) is 0 Å². The number of nitrogens with two attached hydrogens (primary N) is 1. The maximum absolute atomic E-state index is 11.7. The van der Waals surface area contributed by atoms with E-state index in [-0.39, 0.29) is 6.61 Å². The topological polar surface area (TPSA) is 69.4 Å². The molecule has 0 radical (unpaired) electrons. The van der Waals surface area contributed by atoms with Gasteiger partial charge in [-0.1, -0.05) is 0 Å². The summed E-state index contributed by atoms with van der Waals surface area (Å²) in [6.45, 7) is 0.273. The lowest BCUT2D eigenvalue weighted by Crippen LogP contribution is -1.96. The van der Waals surface area contributed by atoms with Gasteiger partial charge in [-0.15, -0.1) is 0 Å². The molecule has 2 N–H and O–H groups in total. The van der Waals surface area contributed by atoms with Gasteiger partial charge in [0, 0.05) is 23.8 Å². The second kappa shape index (κ2) is 3.36. The molecule has 1 heterocycles. The minimum absolute atomic E-state index is 0.273. The van der Waals surface area contributed by atoms with Crippen LogP contribution in [0.3, 0.4) is 0 Å². The van der Waals surface area contributed by atoms with Gasteiger partial charge in [0.05, 0.1) is 11.5 Å². The standard InChI is InChI=1S/C10H11NO3S/c1-14-5-7-6-15(12,13)10-3-2-8(11)4-9(7)10/h2-4,6H,5,11H2,1H3. The van der Waals surface area contributed by atoms with Crippen LogP contribution in [0.5, 0.6) is 0 Å². The molecule has 0 bridgehead atoms. The summed E-state index contributed by atoms with van der Waals surface area (Å²) in [5.74, 6) is 0. The van der Waals surface area contributed by atoms with Crippen molar-refractivity contribution in [3.63, 3.8) is 0 Å². The molecule has 0 fully saturated rings. The van der Waals surface area contributed by atoms with Crippen LogP contribution in [-0.2, 0) is 14.6 Å². The third-order valence-electron chi connectivity index (χ3n) is 2.25. The maximum Gasteiger partial charge on any atom is 0.200 e. The highest BCUT2D eigenvalue weighted by molar-refractivity contribution is 7.95. The highest BCUT2D eigenvalue weighted by atomic mass is 32.2. The molecule has 0 aliphatic carbocycles. The van der Waals surface area contributed by atoms with Gasteiger partial charge < -0.3 is 10.5 Å². The normalized spacial score (nSPS) is 17.3. The van der Waals surface area contributed by atoms with Crippen molar-refractivity contribution < 1.29 is 13.2 Å². The van der Waals surface area contributed by atoms with Gasteiger partial charge in [0.25, 0.3) is 0 Å². The number of hydrogen-bond donors (Lipinski definition) is 1. The minimum atomic E-state index is -3.29. The first-order valence-electron chi connectivity index (χ1n) is 4.39. The molecule has 4 nitrogen and oxygen atoms in total. The van der Waals surface area contributed by atoms with Gasteiger partial charge in [-0.3, -0.25) is 0 Å². The first-order valence-corrected chi connectivity index (χ1v) is 5.94. The Morgan fingerprint density at radius 3 is 2.80 bits per heavy atom. The van der Waals surface area contributed by atoms with Crippen LogP contribution in [0.4, 0.5) is 5.69 Å². The molecular weight excluding hydrogens is 214 g/mol. The zero-order valence-corrected chi connectivity index (χ0v) is 9.04.